The zero-order valence-electron chi connectivity index (χ0n) is 21.8. The molecule has 0 spiro atoms. The number of aromatic nitrogens is 4. The summed E-state index contributed by atoms with van der Waals surface area (Å²) in [6.07, 6.45) is -0.549. The molecule has 0 unspecified atom stereocenters. The van der Waals surface area contributed by atoms with Gasteiger partial charge < -0.3 is 20.7 Å². The van der Waals surface area contributed by atoms with Gasteiger partial charge in [-0.15, -0.1) is 13.2 Å². The Morgan fingerprint density at radius 2 is 1.95 bits per heavy atom. The Morgan fingerprint density at radius 1 is 1.17 bits per heavy atom. The number of alkyl halides is 3. The Bertz CT molecular complexity index is 1600. The third kappa shape index (κ3) is 6.13. The standard InChI is InChI=1S/C28H26F3N7O3/c1-2-22(39)37-12-4-6-20(15-37)38-26-23(25(32)34-16-35-26)24(36-38)18-10-8-17(9-11-18)14-33-27(40)19-5-3-7-21(13-19)41-28(29,30)31/h2-3,5,7-11,13,16,20H,1,4,6,12,14-15H2,(H,33,40)(H2,32,34,35)/t20-/m1/s1. The molecule has 3 heterocycles. The van der Waals surface area contributed by atoms with E-state index in [9.17, 15) is 22.8 Å². The van der Waals surface area contributed by atoms with E-state index in [0.29, 0.717) is 29.8 Å². The summed E-state index contributed by atoms with van der Waals surface area (Å²) < 4.78 is 43.2. The van der Waals surface area contributed by atoms with Crippen molar-refractivity contribution in [2.24, 2.45) is 0 Å². The van der Waals surface area contributed by atoms with Crippen molar-refractivity contribution in [2.45, 2.75) is 31.8 Å². The number of halogens is 3. The van der Waals surface area contributed by atoms with Crippen molar-refractivity contribution >= 4 is 28.7 Å². The Kier molecular flexibility index (Phi) is 7.60. The Morgan fingerprint density at radius 3 is 2.68 bits per heavy atom. The van der Waals surface area contributed by atoms with Gasteiger partial charge in [-0.05, 0) is 42.7 Å². The van der Waals surface area contributed by atoms with Crippen molar-refractivity contribution in [3.8, 4) is 17.0 Å². The Hall–Kier alpha value is -4.94. The van der Waals surface area contributed by atoms with Crippen LogP contribution in [-0.2, 0) is 11.3 Å². The molecule has 1 aliphatic heterocycles. The molecule has 0 radical (unpaired) electrons. The fourth-order valence-corrected chi connectivity index (χ4v) is 4.84. The zero-order chi connectivity index (χ0) is 29.1. The SMILES string of the molecule is C=CC(=O)N1CCC[C@@H](n2nc(-c3ccc(CNC(=O)c4cccc(OC(F)(F)F)c4)cc3)c3c(N)ncnc32)C1. The molecule has 2 aromatic carbocycles. The second-order valence-corrected chi connectivity index (χ2v) is 9.49. The van der Waals surface area contributed by atoms with Gasteiger partial charge in [-0.2, -0.15) is 5.10 Å². The number of likely N-dealkylation sites (tertiary alicyclic amines) is 1. The number of hydrogen-bond donors (Lipinski definition) is 2. The second-order valence-electron chi connectivity index (χ2n) is 9.49. The number of benzene rings is 2. The number of nitrogen functional groups attached to an aromatic ring is 1. The lowest BCUT2D eigenvalue weighted by Gasteiger charge is -2.32. The van der Waals surface area contributed by atoms with Crippen molar-refractivity contribution < 1.29 is 27.5 Å². The fraction of sp³-hybridized carbons (Fsp3) is 0.250. The second kappa shape index (κ2) is 11.3. The first kappa shape index (κ1) is 27.6. The van der Waals surface area contributed by atoms with Gasteiger partial charge in [0.1, 0.15) is 23.6 Å². The highest BCUT2D eigenvalue weighted by molar-refractivity contribution is 5.98. The quantitative estimate of drug-likeness (QED) is 0.321. The maximum absolute atomic E-state index is 12.5. The number of anilines is 1. The highest BCUT2D eigenvalue weighted by Gasteiger charge is 2.31. The van der Waals surface area contributed by atoms with E-state index in [1.807, 2.05) is 12.1 Å². The summed E-state index contributed by atoms with van der Waals surface area (Å²) in [6, 6.07) is 12.0. The zero-order valence-corrected chi connectivity index (χ0v) is 21.8. The molecule has 1 atom stereocenters. The lowest BCUT2D eigenvalue weighted by Crippen LogP contribution is -2.40. The predicted molar refractivity (Wildman–Crippen MR) is 145 cm³/mol. The van der Waals surface area contributed by atoms with Crippen LogP contribution < -0.4 is 15.8 Å². The molecule has 2 aromatic heterocycles. The van der Waals surface area contributed by atoms with Crippen LogP contribution in [0, 0.1) is 0 Å². The lowest BCUT2D eigenvalue weighted by molar-refractivity contribution is -0.274. The molecule has 0 bridgehead atoms. The molecule has 212 valence electrons. The van der Waals surface area contributed by atoms with Gasteiger partial charge in [0, 0.05) is 30.8 Å². The molecular formula is C28H26F3N7O3. The Balaban J connectivity index is 1.34. The minimum atomic E-state index is -4.85. The lowest BCUT2D eigenvalue weighted by atomic mass is 10.1. The van der Waals surface area contributed by atoms with Gasteiger partial charge in [-0.1, -0.05) is 36.9 Å². The third-order valence-corrected chi connectivity index (χ3v) is 6.76. The van der Waals surface area contributed by atoms with E-state index in [1.165, 1.54) is 24.5 Å². The molecule has 0 saturated carbocycles. The topological polar surface area (TPSA) is 128 Å². The maximum atomic E-state index is 12.5. The summed E-state index contributed by atoms with van der Waals surface area (Å²) in [5.41, 5.74) is 8.93. The van der Waals surface area contributed by atoms with Crippen LogP contribution in [0.3, 0.4) is 0 Å². The minimum Gasteiger partial charge on any atom is -0.406 e. The van der Waals surface area contributed by atoms with E-state index in [4.69, 9.17) is 10.8 Å². The summed E-state index contributed by atoms with van der Waals surface area (Å²) in [6.45, 7) is 4.84. The number of nitrogens with zero attached hydrogens (tertiary/aromatic N) is 5. The molecule has 3 N–H and O–H groups in total. The molecule has 0 aliphatic carbocycles. The van der Waals surface area contributed by atoms with Gasteiger partial charge in [0.15, 0.2) is 5.65 Å². The van der Waals surface area contributed by atoms with Crippen LogP contribution in [-0.4, -0.2) is 55.9 Å². The Labute approximate surface area is 232 Å². The van der Waals surface area contributed by atoms with Crippen LogP contribution in [0.1, 0.15) is 34.8 Å². The van der Waals surface area contributed by atoms with Crippen LogP contribution in [0.2, 0.25) is 0 Å². The number of hydrogen-bond acceptors (Lipinski definition) is 7. The van der Waals surface area contributed by atoms with Crippen molar-refractivity contribution in [3.05, 3.63) is 78.6 Å². The number of rotatable bonds is 7. The van der Waals surface area contributed by atoms with Crippen LogP contribution in [0.5, 0.6) is 5.75 Å². The monoisotopic (exact) mass is 565 g/mol. The number of ether oxygens (including phenoxy) is 1. The summed E-state index contributed by atoms with van der Waals surface area (Å²) in [4.78, 5) is 35.1. The first-order chi connectivity index (χ1) is 19.6. The third-order valence-electron chi connectivity index (χ3n) is 6.76. The normalized spacial score (nSPS) is 15.5. The van der Waals surface area contributed by atoms with Crippen molar-refractivity contribution in [1.29, 1.82) is 0 Å². The maximum Gasteiger partial charge on any atom is 0.573 e. The predicted octanol–water partition coefficient (Wildman–Crippen LogP) is 4.25. The van der Waals surface area contributed by atoms with Crippen molar-refractivity contribution in [1.82, 2.24) is 30.0 Å². The fourth-order valence-electron chi connectivity index (χ4n) is 4.84. The van der Waals surface area contributed by atoms with Crippen LogP contribution >= 0.6 is 0 Å². The molecule has 1 aliphatic rings. The molecule has 1 fully saturated rings. The molecule has 13 heteroatoms. The van der Waals surface area contributed by atoms with E-state index in [1.54, 1.807) is 21.7 Å². The number of piperidine rings is 1. The average molecular weight is 566 g/mol. The van der Waals surface area contributed by atoms with Gasteiger partial charge in [0.2, 0.25) is 5.91 Å². The smallest absolute Gasteiger partial charge is 0.406 e. The highest BCUT2D eigenvalue weighted by atomic mass is 19.4. The summed E-state index contributed by atoms with van der Waals surface area (Å²) in [5.74, 6) is -0.879. The molecule has 41 heavy (non-hydrogen) atoms. The van der Waals surface area contributed by atoms with Crippen molar-refractivity contribution in [3.63, 3.8) is 0 Å². The number of amides is 2. The molecule has 10 nitrogen and oxygen atoms in total. The number of nitrogens with one attached hydrogen (secondary N) is 1. The largest absolute Gasteiger partial charge is 0.573 e. The summed E-state index contributed by atoms with van der Waals surface area (Å²) >= 11 is 0. The van der Waals surface area contributed by atoms with Crippen LogP contribution in [0.4, 0.5) is 19.0 Å². The minimum absolute atomic E-state index is 0.0342. The molecular weight excluding hydrogens is 539 g/mol. The van der Waals surface area contributed by atoms with Gasteiger partial charge >= 0.3 is 6.36 Å². The van der Waals surface area contributed by atoms with Gasteiger partial charge in [-0.25, -0.2) is 14.6 Å². The van der Waals surface area contributed by atoms with E-state index in [0.717, 1.165) is 36.1 Å². The van der Waals surface area contributed by atoms with Crippen LogP contribution in [0.25, 0.3) is 22.3 Å². The first-order valence-electron chi connectivity index (χ1n) is 12.8. The molecule has 2 amide bonds. The van der Waals surface area contributed by atoms with Gasteiger partial charge in [-0.3, -0.25) is 9.59 Å². The molecule has 1 saturated heterocycles. The average Bonchev–Trinajstić information content (AvgIpc) is 3.36. The molecule has 5 rings (SSSR count). The number of carbonyl (C=O) groups excluding carboxylic acids is 2. The van der Waals surface area contributed by atoms with E-state index >= 15 is 0 Å². The van der Waals surface area contributed by atoms with E-state index in [-0.39, 0.29) is 29.9 Å². The number of nitrogens with two attached hydrogens (primary N) is 1. The van der Waals surface area contributed by atoms with Gasteiger partial charge in [0.05, 0.1) is 11.4 Å². The number of carbonyl (C=O) groups is 2. The number of fused-ring (bicyclic) bond motifs is 1. The molecule has 4 aromatic rings. The summed E-state index contributed by atoms with van der Waals surface area (Å²) in [7, 11) is 0. The summed E-state index contributed by atoms with van der Waals surface area (Å²) in [5, 5.41) is 8.14. The van der Waals surface area contributed by atoms with Crippen molar-refractivity contribution in [2.75, 3.05) is 18.8 Å². The van der Waals surface area contributed by atoms with Crippen LogP contribution in [0.15, 0.2) is 67.5 Å². The van der Waals surface area contributed by atoms with E-state index in [2.05, 4.69) is 26.6 Å². The first-order valence-corrected chi connectivity index (χ1v) is 12.8. The highest BCUT2D eigenvalue weighted by Crippen LogP contribution is 2.34. The van der Waals surface area contributed by atoms with Gasteiger partial charge in [0.25, 0.3) is 5.91 Å². The van der Waals surface area contributed by atoms with E-state index < -0.39 is 18.0 Å².